The molecular formula is C26H36BO3Si. The molecular weight excluding hydrogens is 399 g/mol. The molecule has 6 rings (SSSR count). The van der Waals surface area contributed by atoms with Crippen LogP contribution in [-0.2, 0) is 20.2 Å². The summed E-state index contributed by atoms with van der Waals surface area (Å²) in [7, 11) is -2.06. The van der Waals surface area contributed by atoms with Crippen molar-refractivity contribution in [1.29, 1.82) is 0 Å². The maximum Gasteiger partial charge on any atom is 0.521 e. The smallest absolute Gasteiger partial charge is 0.422 e. The van der Waals surface area contributed by atoms with Crippen LogP contribution in [-0.4, -0.2) is 21.2 Å². The Morgan fingerprint density at radius 2 is 1.55 bits per heavy atom. The lowest BCUT2D eigenvalue weighted by atomic mass is 9.47. The first-order valence-corrected chi connectivity index (χ1v) is 14.4. The predicted molar refractivity (Wildman–Crippen MR) is 130 cm³/mol. The maximum atomic E-state index is 10.5. The Morgan fingerprint density at radius 3 is 2.10 bits per heavy atom. The molecule has 4 aliphatic carbocycles. The van der Waals surface area contributed by atoms with Crippen LogP contribution in [0, 0.1) is 17.8 Å². The number of hydrogen-bond donors (Lipinski definition) is 1. The van der Waals surface area contributed by atoms with Crippen LogP contribution in [0.1, 0.15) is 70.4 Å². The van der Waals surface area contributed by atoms with Gasteiger partial charge in [-0.2, -0.15) is 0 Å². The van der Waals surface area contributed by atoms with Gasteiger partial charge < -0.3 is 5.02 Å². The van der Waals surface area contributed by atoms with E-state index in [-0.39, 0.29) is 5.41 Å². The van der Waals surface area contributed by atoms with Crippen LogP contribution in [0.25, 0.3) is 10.8 Å². The molecule has 165 valence electrons. The van der Waals surface area contributed by atoms with Gasteiger partial charge in [-0.05, 0) is 108 Å². The normalized spacial score (nSPS) is 29.8. The molecule has 5 heteroatoms. The van der Waals surface area contributed by atoms with Gasteiger partial charge in [0, 0.05) is 0 Å². The Hall–Kier alpha value is -1.14. The molecule has 0 unspecified atom stereocenters. The van der Waals surface area contributed by atoms with Crippen LogP contribution < -0.4 is 5.46 Å². The van der Waals surface area contributed by atoms with E-state index < -0.39 is 16.2 Å². The second-order valence-electron chi connectivity index (χ2n) is 11.9. The summed E-state index contributed by atoms with van der Waals surface area (Å²) in [5.74, 6) is 2.77. The van der Waals surface area contributed by atoms with Crippen molar-refractivity contribution in [3.05, 3.63) is 41.5 Å². The van der Waals surface area contributed by atoms with Crippen LogP contribution in [0.3, 0.4) is 0 Å². The van der Waals surface area contributed by atoms with Crippen LogP contribution in [0.5, 0.6) is 0 Å². The van der Waals surface area contributed by atoms with Crippen molar-refractivity contribution >= 4 is 32.4 Å². The van der Waals surface area contributed by atoms with Gasteiger partial charge >= 0.3 is 7.12 Å². The molecule has 4 saturated carbocycles. The van der Waals surface area contributed by atoms with Gasteiger partial charge in [-0.25, -0.2) is 0 Å². The van der Waals surface area contributed by atoms with Crippen molar-refractivity contribution in [3.8, 4) is 0 Å². The van der Waals surface area contributed by atoms with E-state index in [0.29, 0.717) is 5.41 Å². The third-order valence-electron chi connectivity index (χ3n) is 8.01. The van der Waals surface area contributed by atoms with E-state index in [1.807, 2.05) is 19.2 Å². The zero-order chi connectivity index (χ0) is 22.0. The lowest BCUT2D eigenvalue weighted by Crippen LogP contribution is -2.49. The van der Waals surface area contributed by atoms with Gasteiger partial charge in [-0.3, -0.25) is 9.38 Å². The van der Waals surface area contributed by atoms with E-state index in [9.17, 15) is 5.02 Å². The number of fused-ring (bicyclic) bond motifs is 1. The molecule has 2 aromatic carbocycles. The minimum atomic E-state index is -1.05. The van der Waals surface area contributed by atoms with Gasteiger partial charge in [-0.15, -0.1) is 0 Å². The molecule has 0 amide bonds. The molecule has 31 heavy (non-hydrogen) atoms. The summed E-state index contributed by atoms with van der Waals surface area (Å²) < 4.78 is 5.27. The quantitative estimate of drug-likeness (QED) is 0.383. The monoisotopic (exact) mass is 435 g/mol. The summed E-state index contributed by atoms with van der Waals surface area (Å²) >= 11 is 0. The van der Waals surface area contributed by atoms with Gasteiger partial charge in [0.2, 0.25) is 0 Å². The summed E-state index contributed by atoms with van der Waals surface area (Å²) in [5.41, 5.74) is 4.32. The van der Waals surface area contributed by atoms with Crippen LogP contribution in [0.15, 0.2) is 30.3 Å². The van der Waals surface area contributed by atoms with E-state index >= 15 is 0 Å². The Balaban J connectivity index is 1.59. The Bertz CT molecular complexity index is 945. The minimum absolute atomic E-state index is 0.114. The highest BCUT2D eigenvalue weighted by molar-refractivity contribution is 6.60. The molecule has 2 aromatic rings. The fourth-order valence-corrected chi connectivity index (χ4v) is 7.45. The number of rotatable bonds is 5. The first-order chi connectivity index (χ1) is 14.6. The van der Waals surface area contributed by atoms with E-state index in [4.69, 9.17) is 9.38 Å². The SMILES string of the molecule is C[Si](C)OOB(O)c1ccc2cc(C(C)(C)C)c(C34CC5CC(CC(C5)C3)C4)cc2c1. The van der Waals surface area contributed by atoms with Gasteiger partial charge in [0.05, 0.1) is 0 Å². The second kappa shape index (κ2) is 7.72. The zero-order valence-electron chi connectivity index (χ0n) is 19.7. The van der Waals surface area contributed by atoms with E-state index in [0.717, 1.165) is 23.2 Å². The summed E-state index contributed by atoms with van der Waals surface area (Å²) in [6, 6.07) is 11.1. The minimum Gasteiger partial charge on any atom is -0.422 e. The lowest BCUT2D eigenvalue weighted by Gasteiger charge is -2.58. The molecule has 4 fully saturated rings. The third kappa shape index (κ3) is 4.03. The van der Waals surface area contributed by atoms with E-state index in [1.165, 1.54) is 54.9 Å². The van der Waals surface area contributed by atoms with Crippen LogP contribution >= 0.6 is 0 Å². The van der Waals surface area contributed by atoms with Crippen molar-refractivity contribution in [2.45, 2.75) is 83.2 Å². The maximum absolute atomic E-state index is 10.5. The Labute approximate surface area is 189 Å². The van der Waals surface area contributed by atoms with Crippen molar-refractivity contribution in [1.82, 2.24) is 0 Å². The molecule has 0 atom stereocenters. The van der Waals surface area contributed by atoms with Crippen molar-refractivity contribution < 1.29 is 14.4 Å². The standard InChI is InChI=1S/C26H36BO3Si/c1-25(2,3)23-12-20-6-7-22(27(28)29-30-31(4)5)11-21(20)13-24(23)26-14-17-8-18(15-26)10-19(9-17)16-26/h6-7,11-13,17-19,28H,8-10,14-16H2,1-5H3. The summed E-state index contributed by atoms with van der Waals surface area (Å²) in [6.45, 7) is 11.1. The second-order valence-corrected chi connectivity index (χ2v) is 13.9. The van der Waals surface area contributed by atoms with Crippen molar-refractivity contribution in [2.75, 3.05) is 0 Å². The predicted octanol–water partition coefficient (Wildman–Crippen LogP) is 5.49. The van der Waals surface area contributed by atoms with Gasteiger partial charge in [0.1, 0.15) is 0 Å². The van der Waals surface area contributed by atoms with Crippen LogP contribution in [0.4, 0.5) is 0 Å². The van der Waals surface area contributed by atoms with Gasteiger partial charge in [-0.1, -0.05) is 51.1 Å². The Kier molecular flexibility index (Phi) is 5.40. The highest BCUT2D eigenvalue weighted by Gasteiger charge is 2.52. The fraction of sp³-hybridized carbons (Fsp3) is 0.615. The molecule has 0 heterocycles. The highest BCUT2D eigenvalue weighted by atomic mass is 28.3. The molecule has 0 saturated heterocycles. The summed E-state index contributed by atoms with van der Waals surface area (Å²) in [6.07, 6.45) is 8.48. The molecule has 1 N–H and O–H groups in total. The third-order valence-corrected chi connectivity index (χ3v) is 8.44. The molecule has 3 nitrogen and oxygen atoms in total. The first kappa shape index (κ1) is 21.7. The van der Waals surface area contributed by atoms with E-state index in [1.54, 1.807) is 5.56 Å². The molecule has 0 spiro atoms. The molecule has 0 aromatic heterocycles. The van der Waals surface area contributed by atoms with E-state index in [2.05, 4.69) is 45.0 Å². The average molecular weight is 435 g/mol. The fourth-order valence-electron chi connectivity index (χ4n) is 7.17. The first-order valence-electron chi connectivity index (χ1n) is 12.0. The molecule has 0 aliphatic heterocycles. The molecule has 1 radical (unpaired) electrons. The summed E-state index contributed by atoms with van der Waals surface area (Å²) in [5, 5.41) is 12.9. The van der Waals surface area contributed by atoms with Gasteiger partial charge in [0.15, 0.2) is 0 Å². The highest BCUT2D eigenvalue weighted by Crippen LogP contribution is 2.61. The van der Waals surface area contributed by atoms with Crippen molar-refractivity contribution in [3.63, 3.8) is 0 Å². The average Bonchev–Trinajstić information content (AvgIpc) is 2.69. The largest absolute Gasteiger partial charge is 0.521 e. The Morgan fingerprint density at radius 1 is 0.935 bits per heavy atom. The summed E-state index contributed by atoms with van der Waals surface area (Å²) in [4.78, 5) is 5.25. The molecule has 4 bridgehead atoms. The number of benzene rings is 2. The van der Waals surface area contributed by atoms with Crippen molar-refractivity contribution in [2.24, 2.45) is 17.8 Å². The van der Waals surface area contributed by atoms with Crippen LogP contribution in [0.2, 0.25) is 13.1 Å². The lowest BCUT2D eigenvalue weighted by molar-refractivity contribution is -0.121. The zero-order valence-corrected chi connectivity index (χ0v) is 20.7. The number of hydrogen-bond acceptors (Lipinski definition) is 3. The van der Waals surface area contributed by atoms with Gasteiger partial charge in [0.25, 0.3) is 9.04 Å². The molecule has 4 aliphatic rings. The topological polar surface area (TPSA) is 38.7 Å².